The van der Waals surface area contributed by atoms with Crippen LogP contribution in [0.1, 0.15) is 0 Å². The fraction of sp³-hybridized carbons (Fsp3) is 0.167. The highest BCUT2D eigenvalue weighted by Crippen LogP contribution is 2.08. The number of anilines is 1. The van der Waals surface area contributed by atoms with Crippen LogP contribution < -0.4 is 5.32 Å². The van der Waals surface area contributed by atoms with Crippen molar-refractivity contribution < 1.29 is 0 Å². The zero-order valence-corrected chi connectivity index (χ0v) is 6.86. The Morgan fingerprint density at radius 2 is 2.40 bits per heavy atom. The number of thiol groups is 1. The van der Waals surface area contributed by atoms with Gasteiger partial charge in [0, 0.05) is 0 Å². The third-order valence-corrected chi connectivity index (χ3v) is 1.39. The predicted molar refractivity (Wildman–Crippen MR) is 46.7 cm³/mol. The number of nitrogens with zero attached hydrogens (tertiary/aromatic N) is 1. The van der Waals surface area contributed by atoms with Gasteiger partial charge in [0.15, 0.2) is 0 Å². The number of aromatic nitrogens is 1. The second-order valence-electron chi connectivity index (χ2n) is 1.70. The number of rotatable bonds is 2. The molecular weight excluding hydrogens is 168 g/mol. The summed E-state index contributed by atoms with van der Waals surface area (Å²) < 4.78 is 0. The quantitative estimate of drug-likeness (QED) is 0.408. The van der Waals surface area contributed by atoms with E-state index in [0.717, 1.165) is 5.69 Å². The molecule has 1 aromatic heterocycles. The van der Waals surface area contributed by atoms with Gasteiger partial charge in [-0.05, 0) is 12.1 Å². The Bertz CT molecular complexity index is 199. The molecule has 1 aromatic rings. The smallest absolute Gasteiger partial charge is 0.129 e. The minimum atomic E-state index is 0.504. The molecule has 0 radical (unpaired) electrons. The molecule has 54 valence electrons. The molecule has 0 bridgehead atoms. The minimum absolute atomic E-state index is 0.504. The van der Waals surface area contributed by atoms with E-state index in [9.17, 15) is 0 Å². The van der Waals surface area contributed by atoms with Gasteiger partial charge >= 0.3 is 0 Å². The number of hydrogen-bond acceptors (Lipinski definition) is 3. The molecular formula is C6H7ClN2S. The van der Waals surface area contributed by atoms with E-state index in [1.165, 1.54) is 0 Å². The van der Waals surface area contributed by atoms with Crippen LogP contribution in [0.2, 0.25) is 5.15 Å². The number of pyridine rings is 1. The standard InChI is InChI=1S/C6H7ClN2S/c7-6-2-1-5(3-8-6)9-4-10/h1-3,9-10H,4H2. The predicted octanol–water partition coefficient (Wildman–Crippen LogP) is 2.03. The molecule has 0 aromatic carbocycles. The van der Waals surface area contributed by atoms with Crippen molar-refractivity contribution in [2.24, 2.45) is 0 Å². The summed E-state index contributed by atoms with van der Waals surface area (Å²) in [4.78, 5) is 3.87. The molecule has 1 rings (SSSR count). The van der Waals surface area contributed by atoms with Crippen LogP contribution in [0.3, 0.4) is 0 Å². The summed E-state index contributed by atoms with van der Waals surface area (Å²) >= 11 is 9.54. The average Bonchev–Trinajstić information content (AvgIpc) is 1.95. The molecule has 0 aliphatic carbocycles. The number of hydrogen-bond donors (Lipinski definition) is 2. The second kappa shape index (κ2) is 3.68. The van der Waals surface area contributed by atoms with Crippen molar-refractivity contribution >= 4 is 29.9 Å². The van der Waals surface area contributed by atoms with Crippen LogP contribution in [-0.4, -0.2) is 10.9 Å². The first-order valence-corrected chi connectivity index (χ1v) is 3.80. The molecule has 0 aliphatic heterocycles. The molecule has 0 saturated heterocycles. The fourth-order valence-electron chi connectivity index (χ4n) is 0.572. The van der Waals surface area contributed by atoms with E-state index in [0.29, 0.717) is 11.0 Å². The maximum Gasteiger partial charge on any atom is 0.129 e. The van der Waals surface area contributed by atoms with Crippen LogP contribution in [0.4, 0.5) is 5.69 Å². The maximum absolute atomic E-state index is 5.55. The van der Waals surface area contributed by atoms with Gasteiger partial charge in [-0.3, -0.25) is 0 Å². The molecule has 0 atom stereocenters. The molecule has 2 nitrogen and oxygen atoms in total. The van der Waals surface area contributed by atoms with Crippen LogP contribution in [-0.2, 0) is 0 Å². The van der Waals surface area contributed by atoms with Crippen molar-refractivity contribution in [3.05, 3.63) is 23.5 Å². The van der Waals surface area contributed by atoms with Crippen LogP contribution in [0.15, 0.2) is 18.3 Å². The normalized spacial score (nSPS) is 9.40. The lowest BCUT2D eigenvalue weighted by molar-refractivity contribution is 1.30. The molecule has 0 fully saturated rings. The zero-order chi connectivity index (χ0) is 7.40. The van der Waals surface area contributed by atoms with Crippen molar-refractivity contribution in [3.63, 3.8) is 0 Å². The zero-order valence-electron chi connectivity index (χ0n) is 5.21. The topological polar surface area (TPSA) is 24.9 Å². The highest BCUT2D eigenvalue weighted by molar-refractivity contribution is 7.80. The Kier molecular flexibility index (Phi) is 2.83. The Morgan fingerprint density at radius 3 is 2.90 bits per heavy atom. The molecule has 1 heterocycles. The summed E-state index contributed by atoms with van der Waals surface area (Å²) in [5.41, 5.74) is 0.930. The van der Waals surface area contributed by atoms with Gasteiger partial charge in [-0.15, -0.1) is 0 Å². The highest BCUT2D eigenvalue weighted by Gasteiger charge is 1.88. The summed E-state index contributed by atoms with van der Waals surface area (Å²) in [5, 5.41) is 3.48. The van der Waals surface area contributed by atoms with E-state index in [1.807, 2.05) is 6.07 Å². The van der Waals surface area contributed by atoms with E-state index < -0.39 is 0 Å². The van der Waals surface area contributed by atoms with Crippen LogP contribution in [0.25, 0.3) is 0 Å². The van der Waals surface area contributed by atoms with Gasteiger partial charge in [-0.1, -0.05) is 11.6 Å². The second-order valence-corrected chi connectivity index (χ2v) is 2.41. The Morgan fingerprint density at radius 1 is 1.60 bits per heavy atom. The van der Waals surface area contributed by atoms with Crippen LogP contribution >= 0.6 is 24.2 Å². The molecule has 0 spiro atoms. The lowest BCUT2D eigenvalue weighted by atomic mass is 10.4. The fourth-order valence-corrected chi connectivity index (χ4v) is 0.866. The Balaban J connectivity index is 2.69. The lowest BCUT2D eigenvalue weighted by Crippen LogP contribution is -1.93. The molecule has 0 unspecified atom stereocenters. The Hall–Kier alpha value is -0.410. The van der Waals surface area contributed by atoms with Crippen molar-refractivity contribution in [1.82, 2.24) is 4.98 Å². The monoisotopic (exact) mass is 174 g/mol. The summed E-state index contributed by atoms with van der Waals surface area (Å²) in [7, 11) is 0. The van der Waals surface area contributed by atoms with E-state index in [2.05, 4.69) is 22.9 Å². The van der Waals surface area contributed by atoms with Gasteiger partial charge in [0.05, 0.1) is 17.8 Å². The van der Waals surface area contributed by atoms with E-state index in [4.69, 9.17) is 11.6 Å². The first-order chi connectivity index (χ1) is 4.83. The molecule has 4 heteroatoms. The van der Waals surface area contributed by atoms with Gasteiger partial charge in [-0.25, -0.2) is 4.98 Å². The van der Waals surface area contributed by atoms with E-state index in [1.54, 1.807) is 12.3 Å². The van der Waals surface area contributed by atoms with Crippen molar-refractivity contribution in [1.29, 1.82) is 0 Å². The molecule has 10 heavy (non-hydrogen) atoms. The summed E-state index contributed by atoms with van der Waals surface area (Å²) in [5.74, 6) is 0.601. The highest BCUT2D eigenvalue weighted by atomic mass is 35.5. The van der Waals surface area contributed by atoms with Gasteiger partial charge in [0.1, 0.15) is 5.15 Å². The summed E-state index contributed by atoms with van der Waals surface area (Å²) in [6.07, 6.45) is 1.67. The third-order valence-electron chi connectivity index (χ3n) is 1.01. The number of halogens is 1. The van der Waals surface area contributed by atoms with Gasteiger partial charge in [0.25, 0.3) is 0 Å². The largest absolute Gasteiger partial charge is 0.375 e. The van der Waals surface area contributed by atoms with Crippen molar-refractivity contribution in [2.45, 2.75) is 0 Å². The van der Waals surface area contributed by atoms with E-state index in [-0.39, 0.29) is 0 Å². The van der Waals surface area contributed by atoms with Crippen LogP contribution in [0.5, 0.6) is 0 Å². The molecule has 1 N–H and O–H groups in total. The first-order valence-electron chi connectivity index (χ1n) is 2.79. The summed E-state index contributed by atoms with van der Waals surface area (Å²) in [6, 6.07) is 3.58. The van der Waals surface area contributed by atoms with Gasteiger partial charge < -0.3 is 5.32 Å². The SMILES string of the molecule is SCNc1ccc(Cl)nc1. The molecule has 0 amide bonds. The first kappa shape index (κ1) is 7.69. The number of nitrogens with one attached hydrogen (secondary N) is 1. The molecule has 0 saturated carbocycles. The molecule has 0 aliphatic rings. The van der Waals surface area contributed by atoms with Gasteiger partial charge in [0.2, 0.25) is 0 Å². The minimum Gasteiger partial charge on any atom is -0.375 e. The summed E-state index contributed by atoms with van der Waals surface area (Å²) in [6.45, 7) is 0. The van der Waals surface area contributed by atoms with Crippen LogP contribution in [0, 0.1) is 0 Å². The van der Waals surface area contributed by atoms with Crippen molar-refractivity contribution in [3.8, 4) is 0 Å². The maximum atomic E-state index is 5.55. The lowest BCUT2D eigenvalue weighted by Gasteiger charge is -1.99. The van der Waals surface area contributed by atoms with Crippen molar-refractivity contribution in [2.75, 3.05) is 11.2 Å². The van der Waals surface area contributed by atoms with Gasteiger partial charge in [-0.2, -0.15) is 12.6 Å². The van der Waals surface area contributed by atoms with E-state index >= 15 is 0 Å². The Labute approximate surface area is 70.0 Å². The average molecular weight is 175 g/mol. The third kappa shape index (κ3) is 2.08.